The van der Waals surface area contributed by atoms with Gasteiger partial charge in [-0.05, 0) is 6.42 Å². The molecule has 0 aliphatic heterocycles. The fourth-order valence-corrected chi connectivity index (χ4v) is 2.56. The Kier molecular flexibility index (Phi) is 5.16. The number of nitrogens with zero attached hydrogens (tertiary/aromatic N) is 2. The van der Waals surface area contributed by atoms with Gasteiger partial charge in [0.05, 0.1) is 6.54 Å². The second-order valence-corrected chi connectivity index (χ2v) is 6.06. The molecule has 0 amide bonds. The standard InChI is InChI=1S/C8H14N4O4S2/c9-6(8(13)14)1-3-12(18(10,15)16)5-7-11-2-4-17-7/h2,4,6H,1,3,5,9H2,(H,13,14)(H2,10,15,16). The number of nitrogens with two attached hydrogens (primary N) is 2. The molecule has 0 saturated heterocycles. The third-order valence-corrected chi connectivity index (χ3v) is 3.96. The van der Waals surface area contributed by atoms with Crippen LogP contribution in [-0.2, 0) is 21.5 Å². The van der Waals surface area contributed by atoms with E-state index in [1.807, 2.05) is 0 Å². The van der Waals surface area contributed by atoms with Gasteiger partial charge >= 0.3 is 5.97 Å². The molecule has 10 heteroatoms. The zero-order valence-electron chi connectivity index (χ0n) is 9.39. The molecule has 0 spiro atoms. The van der Waals surface area contributed by atoms with Crippen molar-refractivity contribution in [1.82, 2.24) is 9.29 Å². The maximum absolute atomic E-state index is 11.3. The van der Waals surface area contributed by atoms with E-state index in [2.05, 4.69) is 4.98 Å². The lowest BCUT2D eigenvalue weighted by molar-refractivity contribution is -0.138. The molecule has 1 atom stereocenters. The van der Waals surface area contributed by atoms with Crippen molar-refractivity contribution in [3.8, 4) is 0 Å². The molecule has 0 aliphatic carbocycles. The summed E-state index contributed by atoms with van der Waals surface area (Å²) >= 11 is 1.29. The molecule has 0 aliphatic rings. The highest BCUT2D eigenvalue weighted by atomic mass is 32.2. The number of aliphatic carboxylic acids is 1. The van der Waals surface area contributed by atoms with Crippen molar-refractivity contribution in [2.45, 2.75) is 19.0 Å². The first-order chi connectivity index (χ1) is 8.30. The molecule has 1 unspecified atom stereocenters. The normalized spacial score (nSPS) is 13.7. The van der Waals surface area contributed by atoms with Crippen LogP contribution in [0.5, 0.6) is 0 Å². The number of carboxylic acid groups (broad SMARTS) is 1. The maximum atomic E-state index is 11.3. The van der Waals surface area contributed by atoms with Gasteiger partial charge in [-0.15, -0.1) is 11.3 Å². The summed E-state index contributed by atoms with van der Waals surface area (Å²) < 4.78 is 23.6. The minimum atomic E-state index is -3.91. The Morgan fingerprint density at radius 1 is 1.61 bits per heavy atom. The molecule has 0 aromatic carbocycles. The van der Waals surface area contributed by atoms with E-state index in [0.29, 0.717) is 5.01 Å². The van der Waals surface area contributed by atoms with Crippen molar-refractivity contribution >= 4 is 27.5 Å². The molecule has 102 valence electrons. The Hall–Kier alpha value is -1.07. The smallest absolute Gasteiger partial charge is 0.320 e. The van der Waals surface area contributed by atoms with Crippen LogP contribution in [0.2, 0.25) is 0 Å². The van der Waals surface area contributed by atoms with Gasteiger partial charge in [0.2, 0.25) is 0 Å². The number of rotatable bonds is 7. The minimum Gasteiger partial charge on any atom is -0.480 e. The van der Waals surface area contributed by atoms with Gasteiger partial charge in [-0.3, -0.25) is 4.79 Å². The summed E-state index contributed by atoms with van der Waals surface area (Å²) in [5.74, 6) is -1.18. The lowest BCUT2D eigenvalue weighted by Crippen LogP contribution is -2.40. The van der Waals surface area contributed by atoms with Crippen molar-refractivity contribution in [3.63, 3.8) is 0 Å². The number of hydrogen-bond acceptors (Lipinski definition) is 6. The molecule has 0 saturated carbocycles. The van der Waals surface area contributed by atoms with E-state index >= 15 is 0 Å². The second kappa shape index (κ2) is 6.20. The van der Waals surface area contributed by atoms with E-state index in [4.69, 9.17) is 16.0 Å². The van der Waals surface area contributed by atoms with E-state index in [1.165, 1.54) is 11.3 Å². The Labute approximate surface area is 108 Å². The summed E-state index contributed by atoms with van der Waals surface area (Å²) in [5.41, 5.74) is 5.31. The molecule has 1 rings (SSSR count). The van der Waals surface area contributed by atoms with E-state index < -0.39 is 22.2 Å². The molecular weight excluding hydrogens is 280 g/mol. The van der Waals surface area contributed by atoms with Crippen molar-refractivity contribution in [2.75, 3.05) is 6.54 Å². The Balaban J connectivity index is 2.66. The number of carbonyl (C=O) groups is 1. The van der Waals surface area contributed by atoms with E-state index in [0.717, 1.165) is 4.31 Å². The van der Waals surface area contributed by atoms with Crippen LogP contribution < -0.4 is 10.9 Å². The lowest BCUT2D eigenvalue weighted by Gasteiger charge is -2.19. The van der Waals surface area contributed by atoms with Gasteiger partial charge < -0.3 is 10.8 Å². The summed E-state index contributed by atoms with van der Waals surface area (Å²) in [6.07, 6.45) is 1.53. The lowest BCUT2D eigenvalue weighted by atomic mass is 10.2. The van der Waals surface area contributed by atoms with Crippen molar-refractivity contribution in [1.29, 1.82) is 0 Å². The summed E-state index contributed by atoms with van der Waals surface area (Å²) in [6, 6.07) is -1.12. The molecule has 0 fully saturated rings. The van der Waals surface area contributed by atoms with Crippen LogP contribution in [0.1, 0.15) is 11.4 Å². The first-order valence-electron chi connectivity index (χ1n) is 4.95. The van der Waals surface area contributed by atoms with E-state index in [9.17, 15) is 13.2 Å². The SMILES string of the molecule is NC(CCN(Cc1nccs1)S(N)(=O)=O)C(=O)O. The summed E-state index contributed by atoms with van der Waals surface area (Å²) in [7, 11) is -3.91. The quantitative estimate of drug-likeness (QED) is 0.586. The summed E-state index contributed by atoms with van der Waals surface area (Å²) in [4.78, 5) is 14.5. The van der Waals surface area contributed by atoms with Crippen LogP contribution in [0.25, 0.3) is 0 Å². The highest BCUT2D eigenvalue weighted by molar-refractivity contribution is 7.86. The van der Waals surface area contributed by atoms with Crippen LogP contribution in [0.4, 0.5) is 0 Å². The molecule has 1 aromatic rings. The first kappa shape index (κ1) is 15.0. The maximum Gasteiger partial charge on any atom is 0.320 e. The molecule has 5 N–H and O–H groups in total. The van der Waals surface area contributed by atoms with Gasteiger partial charge in [-0.25, -0.2) is 10.1 Å². The van der Waals surface area contributed by atoms with Gasteiger partial charge in [0, 0.05) is 18.1 Å². The average molecular weight is 294 g/mol. The molecule has 0 bridgehead atoms. The molecular formula is C8H14N4O4S2. The Morgan fingerprint density at radius 2 is 2.28 bits per heavy atom. The van der Waals surface area contributed by atoms with Crippen molar-refractivity contribution in [2.24, 2.45) is 10.9 Å². The minimum absolute atomic E-state index is 0.0167. The Morgan fingerprint density at radius 3 is 2.72 bits per heavy atom. The Bertz CT molecular complexity index is 487. The summed E-state index contributed by atoms with van der Waals surface area (Å²) in [6.45, 7) is -0.0469. The predicted octanol–water partition coefficient (Wildman–Crippen LogP) is -1.05. The van der Waals surface area contributed by atoms with Gasteiger partial charge in [0.15, 0.2) is 0 Å². The zero-order valence-corrected chi connectivity index (χ0v) is 11.0. The number of hydrogen-bond donors (Lipinski definition) is 3. The van der Waals surface area contributed by atoms with Crippen LogP contribution in [0, 0.1) is 0 Å². The van der Waals surface area contributed by atoms with E-state index in [-0.39, 0.29) is 19.5 Å². The second-order valence-electron chi connectivity index (χ2n) is 3.54. The average Bonchev–Trinajstić information content (AvgIpc) is 2.74. The largest absolute Gasteiger partial charge is 0.480 e. The molecule has 0 radical (unpaired) electrons. The monoisotopic (exact) mass is 294 g/mol. The van der Waals surface area contributed by atoms with Crippen LogP contribution in [-0.4, -0.2) is 41.4 Å². The molecule has 1 heterocycles. The predicted molar refractivity (Wildman–Crippen MR) is 65.9 cm³/mol. The molecule has 18 heavy (non-hydrogen) atoms. The van der Waals surface area contributed by atoms with Gasteiger partial charge in [0.1, 0.15) is 11.0 Å². The summed E-state index contributed by atoms with van der Waals surface area (Å²) in [5, 5.41) is 16.0. The van der Waals surface area contributed by atoms with Crippen LogP contribution in [0.15, 0.2) is 11.6 Å². The fraction of sp³-hybridized carbons (Fsp3) is 0.500. The third-order valence-electron chi connectivity index (χ3n) is 2.16. The highest BCUT2D eigenvalue weighted by Gasteiger charge is 2.21. The third kappa shape index (κ3) is 4.66. The topological polar surface area (TPSA) is 140 Å². The first-order valence-corrected chi connectivity index (χ1v) is 7.33. The van der Waals surface area contributed by atoms with Gasteiger partial charge in [-0.2, -0.15) is 12.7 Å². The van der Waals surface area contributed by atoms with E-state index in [1.54, 1.807) is 11.6 Å². The van der Waals surface area contributed by atoms with Crippen LogP contribution in [0.3, 0.4) is 0 Å². The molecule has 8 nitrogen and oxygen atoms in total. The number of aromatic nitrogens is 1. The van der Waals surface area contributed by atoms with Gasteiger partial charge in [0.25, 0.3) is 10.2 Å². The zero-order chi connectivity index (χ0) is 13.8. The highest BCUT2D eigenvalue weighted by Crippen LogP contribution is 2.10. The van der Waals surface area contributed by atoms with Crippen LogP contribution >= 0.6 is 11.3 Å². The van der Waals surface area contributed by atoms with Crippen molar-refractivity contribution < 1.29 is 18.3 Å². The van der Waals surface area contributed by atoms with Gasteiger partial charge in [-0.1, -0.05) is 0 Å². The number of thiazole rings is 1. The fourth-order valence-electron chi connectivity index (χ4n) is 1.18. The number of carboxylic acids is 1. The molecule has 1 aromatic heterocycles. The van der Waals surface area contributed by atoms with Crippen molar-refractivity contribution in [3.05, 3.63) is 16.6 Å².